The predicted molar refractivity (Wildman–Crippen MR) is 11.5 cm³/mol. The van der Waals surface area contributed by atoms with Gasteiger partial charge in [-0.05, 0) is 0 Å². The molecule has 0 N–H and O–H groups in total. The molecule has 0 aromatic heterocycles. The van der Waals surface area contributed by atoms with Gasteiger partial charge in [0.1, 0.15) is 0 Å². The number of hydrogen-bond donors (Lipinski definition) is 0. The molecule has 0 aliphatic rings. The maximum atomic E-state index is 0. The van der Waals surface area contributed by atoms with Crippen molar-refractivity contribution in [1.82, 2.24) is 0 Å². The second-order valence-electron chi connectivity index (χ2n) is 0. The van der Waals surface area contributed by atoms with E-state index in [-0.39, 0.29) is 100 Å². The van der Waals surface area contributed by atoms with Crippen molar-refractivity contribution in [3.05, 3.63) is 0 Å². The van der Waals surface area contributed by atoms with E-state index in [2.05, 4.69) is 0 Å². The van der Waals surface area contributed by atoms with Gasteiger partial charge in [0.2, 0.25) is 0 Å². The molecule has 11 valence electrons. The Kier molecular flexibility index (Phi) is 107. The molecule has 0 spiro atoms. The Balaban J connectivity index is 0. The van der Waals surface area contributed by atoms with E-state index >= 15 is 0 Å². The zero-order valence-corrected chi connectivity index (χ0v) is 18.1. The van der Waals surface area contributed by atoms with Gasteiger partial charge < -0.3 is 0 Å². The average molecular weight is 588 g/mol. The average Bonchev–Trinajstić information content (AvgIpc) is 0. The first-order valence-corrected chi connectivity index (χ1v) is 0. The van der Waals surface area contributed by atoms with Crippen LogP contribution in [0.5, 0.6) is 0 Å². The van der Waals surface area contributed by atoms with E-state index in [0.29, 0.717) is 0 Å². The molecule has 0 amide bonds. The monoisotopic (exact) mass is 589 g/mol. The molecule has 0 fully saturated rings. The molecule has 4 heavy (non-hydrogen) atoms. The van der Waals surface area contributed by atoms with Gasteiger partial charge in [-0.1, -0.05) is 0 Å². The zero-order valence-electron chi connectivity index (χ0n) is 2.49. The summed E-state index contributed by atoms with van der Waals surface area (Å²) in [5, 5.41) is 0. The predicted octanol–water partition coefficient (Wildman–Crippen LogP) is -0.767. The SMILES string of the molecule is [Hg].[In].[Pb].[Zn]. The van der Waals surface area contributed by atoms with Crippen molar-refractivity contribution in [1.29, 1.82) is 0 Å². The van der Waals surface area contributed by atoms with Gasteiger partial charge in [0.25, 0.3) is 0 Å². The number of rotatable bonds is 0. The molecule has 0 aliphatic heterocycles. The van der Waals surface area contributed by atoms with Gasteiger partial charge in [0, 0.05) is 100 Å². The third-order valence-electron chi connectivity index (χ3n) is 0. The largest absolute Gasteiger partial charge is 0 e. The Morgan fingerprint density at radius 2 is 1.00 bits per heavy atom. The van der Waals surface area contributed by atoms with Crippen LogP contribution in [0.4, 0.5) is 0 Å². The summed E-state index contributed by atoms with van der Waals surface area (Å²) >= 11 is 0. The molecule has 4 heteroatoms. The van der Waals surface area contributed by atoms with Crippen LogP contribution in [0.15, 0.2) is 0 Å². The molecule has 0 nitrogen and oxygen atoms in total. The van der Waals surface area contributed by atoms with Crippen molar-refractivity contribution in [2.24, 2.45) is 0 Å². The molecule has 0 atom stereocenters. The van der Waals surface area contributed by atoms with Crippen LogP contribution in [0, 0.1) is 0 Å². The van der Waals surface area contributed by atoms with Crippen molar-refractivity contribution in [2.75, 3.05) is 0 Å². The second-order valence-corrected chi connectivity index (χ2v) is 0. The summed E-state index contributed by atoms with van der Waals surface area (Å²) < 4.78 is 0. The van der Waals surface area contributed by atoms with E-state index < -0.39 is 0 Å². The van der Waals surface area contributed by atoms with Crippen LogP contribution in [-0.4, -0.2) is 53.1 Å². The van der Waals surface area contributed by atoms with Crippen molar-refractivity contribution < 1.29 is 47.1 Å². The molecule has 7 radical (unpaired) electrons. The van der Waals surface area contributed by atoms with Gasteiger partial charge in [-0.15, -0.1) is 0 Å². The molecule has 0 bridgehead atoms. The van der Waals surface area contributed by atoms with E-state index in [0.717, 1.165) is 0 Å². The Bertz CT molecular complexity index is 8.00. The van der Waals surface area contributed by atoms with Gasteiger partial charge in [-0.2, -0.15) is 0 Å². The molecule has 0 rings (SSSR count). The summed E-state index contributed by atoms with van der Waals surface area (Å²) in [6, 6.07) is 0. The summed E-state index contributed by atoms with van der Waals surface area (Å²) in [6.45, 7) is 0. The fraction of sp³-hybridized carbons (Fsp3) is 0. The topological polar surface area (TPSA) is 0 Å². The van der Waals surface area contributed by atoms with E-state index in [1.54, 1.807) is 0 Å². The summed E-state index contributed by atoms with van der Waals surface area (Å²) in [6.07, 6.45) is 0. The quantitative estimate of drug-likeness (QED) is 0.327. The molecule has 0 aliphatic carbocycles. The van der Waals surface area contributed by atoms with Crippen LogP contribution in [-0.2, 0) is 47.1 Å². The minimum Gasteiger partial charge on any atom is 0 e. The molecule has 0 unspecified atom stereocenters. The third kappa shape index (κ3) is 9.02. The minimum absolute atomic E-state index is 0. The van der Waals surface area contributed by atoms with Crippen molar-refractivity contribution in [2.45, 2.75) is 0 Å². The van der Waals surface area contributed by atoms with Gasteiger partial charge >= 0.3 is 0 Å². The van der Waals surface area contributed by atoms with Crippen LogP contribution in [0.2, 0.25) is 0 Å². The zero-order chi connectivity index (χ0) is 0. The number of hydrogen-bond acceptors (Lipinski definition) is 0. The van der Waals surface area contributed by atoms with Crippen LogP contribution < -0.4 is 0 Å². The molecule has 0 saturated heterocycles. The first-order chi connectivity index (χ1) is 0. The van der Waals surface area contributed by atoms with Crippen molar-refractivity contribution in [3.63, 3.8) is 0 Å². The minimum atomic E-state index is 0. The van der Waals surface area contributed by atoms with Gasteiger partial charge in [0.05, 0.1) is 0 Å². The fourth-order valence-corrected chi connectivity index (χ4v) is 0. The smallest absolute Gasteiger partial charge is 0 e. The van der Waals surface area contributed by atoms with Gasteiger partial charge in [-0.25, -0.2) is 0 Å². The Morgan fingerprint density at radius 3 is 1.00 bits per heavy atom. The summed E-state index contributed by atoms with van der Waals surface area (Å²) in [4.78, 5) is 0. The Morgan fingerprint density at radius 1 is 1.00 bits per heavy atom. The normalized spacial score (nSPS) is 0. The van der Waals surface area contributed by atoms with Crippen LogP contribution in [0.25, 0.3) is 0 Å². The van der Waals surface area contributed by atoms with Crippen LogP contribution in [0.1, 0.15) is 0 Å². The first kappa shape index (κ1) is 26.4. The van der Waals surface area contributed by atoms with Gasteiger partial charge in [0.15, 0.2) is 0 Å². The van der Waals surface area contributed by atoms with E-state index in [9.17, 15) is 0 Å². The maximum Gasteiger partial charge on any atom is 0 e. The molecular weight excluding hydrogens is 588 g/mol. The molecule has 0 aromatic carbocycles. The fourth-order valence-electron chi connectivity index (χ4n) is 0. The maximum absolute atomic E-state index is 0. The molecule has 0 heterocycles. The summed E-state index contributed by atoms with van der Waals surface area (Å²) in [5.41, 5.74) is 0. The molecular formula is HgInPbZn. The second kappa shape index (κ2) is 16.2. The standard InChI is InChI=1S/Hg.In.Pb.Zn. The van der Waals surface area contributed by atoms with E-state index in [4.69, 9.17) is 0 Å². The van der Waals surface area contributed by atoms with Crippen LogP contribution in [0.3, 0.4) is 0 Å². The first-order valence-electron chi connectivity index (χ1n) is 0. The molecule has 0 aromatic rings. The van der Waals surface area contributed by atoms with E-state index in [1.807, 2.05) is 0 Å². The van der Waals surface area contributed by atoms with Crippen LogP contribution >= 0.6 is 0 Å². The summed E-state index contributed by atoms with van der Waals surface area (Å²) in [5.74, 6) is 0. The van der Waals surface area contributed by atoms with E-state index in [1.165, 1.54) is 0 Å². The van der Waals surface area contributed by atoms with Crippen molar-refractivity contribution in [3.8, 4) is 0 Å². The van der Waals surface area contributed by atoms with Gasteiger partial charge in [-0.3, -0.25) is 0 Å². The Hall–Kier alpha value is 3.35. The summed E-state index contributed by atoms with van der Waals surface area (Å²) in [7, 11) is 0. The molecule has 0 saturated carbocycles. The Labute approximate surface area is 98.1 Å². The van der Waals surface area contributed by atoms with Crippen molar-refractivity contribution >= 4 is 53.1 Å². The third-order valence-corrected chi connectivity index (χ3v) is 0.